The van der Waals surface area contributed by atoms with E-state index in [4.69, 9.17) is 28.4 Å². The van der Waals surface area contributed by atoms with Crippen LogP contribution in [0.1, 0.15) is 77.2 Å². The number of Topliss-reactive ketones (excluding diaryl/α,β-unsaturated/α-hetero) is 1. The summed E-state index contributed by atoms with van der Waals surface area (Å²) in [5, 5.41) is 72.9. The summed E-state index contributed by atoms with van der Waals surface area (Å²) in [6.07, 6.45) is -6.96. The second-order valence-corrected chi connectivity index (χ2v) is 17.3. The lowest BCUT2D eigenvalue weighted by molar-refractivity contribution is -0.363. The van der Waals surface area contributed by atoms with Crippen molar-refractivity contribution in [2.75, 3.05) is 27.4 Å². The van der Waals surface area contributed by atoms with Crippen LogP contribution in [0, 0.1) is 34.5 Å². The first-order valence-electron chi connectivity index (χ1n) is 19.9. The van der Waals surface area contributed by atoms with Crippen molar-refractivity contribution in [1.82, 2.24) is 0 Å². The third kappa shape index (κ3) is 6.96. The van der Waals surface area contributed by atoms with Gasteiger partial charge in [-0.3, -0.25) is 4.79 Å². The minimum absolute atomic E-state index is 0.0286. The number of hydrogen-bond acceptors (Lipinski definition) is 14. The zero-order valence-corrected chi connectivity index (χ0v) is 32.4. The molecule has 308 valence electrons. The van der Waals surface area contributed by atoms with Gasteiger partial charge in [0.25, 0.3) is 0 Å². The predicted octanol–water partition coefficient (Wildman–Crippen LogP) is 1.57. The van der Waals surface area contributed by atoms with Gasteiger partial charge in [-0.2, -0.15) is 0 Å². The van der Waals surface area contributed by atoms with Gasteiger partial charge in [-0.25, -0.2) is 0 Å². The molecular weight excluding hydrogens is 716 g/mol. The number of hydrogen-bond donors (Lipinski definition) is 7. The Morgan fingerprint density at radius 3 is 2.20 bits per heavy atom. The van der Waals surface area contributed by atoms with E-state index in [0.29, 0.717) is 30.6 Å². The molecule has 0 spiro atoms. The van der Waals surface area contributed by atoms with Crippen LogP contribution in [0.25, 0.3) is 0 Å². The number of ketones is 1. The highest BCUT2D eigenvalue weighted by Crippen LogP contribution is 2.69. The molecule has 2 saturated heterocycles. The number of allylic oxidation sites excluding steroid dienone is 1. The Morgan fingerprint density at radius 1 is 0.836 bits per heavy atom. The van der Waals surface area contributed by atoms with Gasteiger partial charge in [0.2, 0.25) is 0 Å². The number of aliphatic hydroxyl groups is 7. The molecule has 0 amide bonds. The van der Waals surface area contributed by atoms with E-state index in [2.05, 4.69) is 19.9 Å². The van der Waals surface area contributed by atoms with Crippen molar-refractivity contribution < 1.29 is 69.0 Å². The lowest BCUT2D eigenvalue weighted by Crippen LogP contribution is -2.65. The SMILES string of the molecule is COc1ccc(OC)c(C2C[C@H]3[C@@H]4CC=C5C[C@@H](O[C@@H]6O[C@H](CO)[C@@H](O[C@H]7O[C@H](CO)[C@@H](O)[C@H](O)[C@H]7O)[C@H](O)[C@H]6O)CC[C@]5(C)[C@H]4CC[C@]3(C)[C@H]2C(C)=O)c1. The van der Waals surface area contributed by atoms with Crippen LogP contribution in [0.5, 0.6) is 11.5 Å². The molecule has 6 aliphatic rings. The number of methoxy groups -OCH3 is 2. The van der Waals surface area contributed by atoms with E-state index in [1.54, 1.807) is 21.1 Å². The Labute approximate surface area is 322 Å². The van der Waals surface area contributed by atoms with Gasteiger partial charge in [0.05, 0.1) is 33.5 Å². The van der Waals surface area contributed by atoms with E-state index in [0.717, 1.165) is 49.2 Å². The second kappa shape index (κ2) is 15.9. The molecule has 0 bridgehead atoms. The highest BCUT2D eigenvalue weighted by Gasteiger charge is 2.63. The van der Waals surface area contributed by atoms with Crippen LogP contribution in [-0.4, -0.2) is 136 Å². The van der Waals surface area contributed by atoms with E-state index < -0.39 is 74.6 Å². The van der Waals surface area contributed by atoms with Crippen molar-refractivity contribution in [2.45, 2.75) is 139 Å². The van der Waals surface area contributed by atoms with Crippen molar-refractivity contribution in [1.29, 1.82) is 0 Å². The maximum Gasteiger partial charge on any atom is 0.187 e. The maximum atomic E-state index is 13.5. The molecule has 0 aromatic heterocycles. The average molecular weight is 777 g/mol. The van der Waals surface area contributed by atoms with Gasteiger partial charge in [-0.15, -0.1) is 0 Å². The minimum Gasteiger partial charge on any atom is -0.497 e. The lowest BCUT2D eigenvalue weighted by atomic mass is 9.47. The van der Waals surface area contributed by atoms with Gasteiger partial charge >= 0.3 is 0 Å². The minimum atomic E-state index is -1.74. The molecule has 4 aliphatic carbocycles. The van der Waals surface area contributed by atoms with Crippen LogP contribution < -0.4 is 9.47 Å². The van der Waals surface area contributed by atoms with Crippen molar-refractivity contribution in [2.24, 2.45) is 34.5 Å². The van der Waals surface area contributed by atoms with Crippen molar-refractivity contribution in [3.8, 4) is 11.5 Å². The fraction of sp³-hybridized carbons (Fsp3) is 0.780. The van der Waals surface area contributed by atoms with Crippen LogP contribution in [0.4, 0.5) is 0 Å². The molecule has 55 heavy (non-hydrogen) atoms. The summed E-state index contributed by atoms with van der Waals surface area (Å²) in [5.74, 6) is 2.87. The van der Waals surface area contributed by atoms with E-state index >= 15 is 0 Å². The van der Waals surface area contributed by atoms with Gasteiger partial charge in [-0.1, -0.05) is 25.5 Å². The standard InChI is InChI=1S/C41H60O14/c1-19(44)31-25(24-15-21(50-4)7-9-28(24)51-5)16-27-23-8-6-20-14-22(10-12-40(20,2)26(23)11-13-41(27,31)3)52-38-36(49)34(47)37(30(18-43)54-38)55-39-35(48)33(46)32(45)29(17-42)53-39/h6-7,9,15,22-23,25-27,29-39,42-43,45-49H,8,10-14,16-18H2,1-5H3/t22-,23+,25?,26-,27-,29+,30+,31-,32+,33-,34+,35+,36+,37+,38+,39+,40-,41-/m0/s1. The Bertz CT molecular complexity index is 1570. The molecule has 1 unspecified atom stereocenters. The molecule has 1 aromatic rings. The monoisotopic (exact) mass is 776 g/mol. The topological polar surface area (TPSA) is 214 Å². The predicted molar refractivity (Wildman–Crippen MR) is 195 cm³/mol. The van der Waals surface area contributed by atoms with Crippen molar-refractivity contribution >= 4 is 5.78 Å². The van der Waals surface area contributed by atoms with Crippen LogP contribution >= 0.6 is 0 Å². The first kappa shape index (κ1) is 41.0. The Hall–Kier alpha value is -2.21. The summed E-state index contributed by atoms with van der Waals surface area (Å²) >= 11 is 0. The summed E-state index contributed by atoms with van der Waals surface area (Å²) < 4.78 is 34.9. The van der Waals surface area contributed by atoms with Gasteiger partial charge in [0, 0.05) is 11.5 Å². The van der Waals surface area contributed by atoms with E-state index in [9.17, 15) is 40.5 Å². The van der Waals surface area contributed by atoms with Crippen LogP contribution in [0.3, 0.4) is 0 Å². The van der Waals surface area contributed by atoms with Crippen molar-refractivity contribution in [3.05, 3.63) is 35.4 Å². The third-order valence-electron chi connectivity index (χ3n) is 14.7. The van der Waals surface area contributed by atoms with E-state index in [1.165, 1.54) is 5.57 Å². The second-order valence-electron chi connectivity index (χ2n) is 17.3. The summed E-state index contributed by atoms with van der Waals surface area (Å²) in [7, 11) is 3.33. The maximum absolute atomic E-state index is 13.5. The first-order chi connectivity index (χ1) is 26.2. The number of ether oxygens (including phenoxy) is 6. The molecule has 1 aromatic carbocycles. The molecule has 18 atom stereocenters. The van der Waals surface area contributed by atoms with Gasteiger partial charge in [-0.05, 0) is 105 Å². The Balaban J connectivity index is 1.04. The highest BCUT2D eigenvalue weighted by atomic mass is 16.7. The van der Waals surface area contributed by atoms with Crippen LogP contribution in [0.15, 0.2) is 29.8 Å². The quantitative estimate of drug-likeness (QED) is 0.168. The summed E-state index contributed by atoms with van der Waals surface area (Å²) in [5.41, 5.74) is 2.15. The van der Waals surface area contributed by atoms with Crippen molar-refractivity contribution in [3.63, 3.8) is 0 Å². The molecule has 14 nitrogen and oxygen atoms in total. The van der Waals surface area contributed by atoms with Crippen LogP contribution in [-0.2, 0) is 23.7 Å². The van der Waals surface area contributed by atoms with Crippen LogP contribution in [0.2, 0.25) is 0 Å². The molecule has 2 heterocycles. The average Bonchev–Trinajstić information content (AvgIpc) is 3.50. The lowest BCUT2D eigenvalue weighted by Gasteiger charge is -2.58. The highest BCUT2D eigenvalue weighted by molar-refractivity contribution is 5.81. The number of aliphatic hydroxyl groups excluding tert-OH is 7. The number of fused-ring (bicyclic) bond motifs is 5. The Morgan fingerprint density at radius 2 is 1.53 bits per heavy atom. The smallest absolute Gasteiger partial charge is 0.187 e. The van der Waals surface area contributed by atoms with Gasteiger partial charge in [0.15, 0.2) is 12.6 Å². The fourth-order valence-electron chi connectivity index (χ4n) is 11.8. The molecule has 14 heteroatoms. The fourth-order valence-corrected chi connectivity index (χ4v) is 11.8. The molecule has 7 rings (SSSR count). The first-order valence-corrected chi connectivity index (χ1v) is 19.9. The Kier molecular flexibility index (Phi) is 11.8. The molecule has 5 fully saturated rings. The molecule has 0 radical (unpaired) electrons. The zero-order valence-electron chi connectivity index (χ0n) is 32.4. The number of rotatable bonds is 10. The van der Waals surface area contributed by atoms with E-state index in [1.807, 2.05) is 18.2 Å². The third-order valence-corrected chi connectivity index (χ3v) is 14.7. The summed E-state index contributed by atoms with van der Waals surface area (Å²) in [6, 6.07) is 5.88. The summed E-state index contributed by atoms with van der Waals surface area (Å²) in [4.78, 5) is 13.5. The van der Waals surface area contributed by atoms with Gasteiger partial charge < -0.3 is 64.2 Å². The number of carbonyl (C=O) groups is 1. The summed E-state index contributed by atoms with van der Waals surface area (Å²) in [6.45, 7) is 5.15. The number of benzene rings is 1. The largest absolute Gasteiger partial charge is 0.497 e. The molecule has 2 aliphatic heterocycles. The molecule has 3 saturated carbocycles. The molecule has 7 N–H and O–H groups in total. The zero-order chi connectivity index (χ0) is 39.6. The molecular formula is C41H60O14. The van der Waals surface area contributed by atoms with Gasteiger partial charge in [0.1, 0.15) is 66.1 Å². The number of carbonyl (C=O) groups excluding carboxylic acids is 1. The van der Waals surface area contributed by atoms with E-state index in [-0.39, 0.29) is 34.6 Å². The normalized spacial score (nSPS) is 46.9.